The van der Waals surface area contributed by atoms with Crippen molar-refractivity contribution in [2.75, 3.05) is 0 Å². The molecule has 1 N–H and O–H groups in total. The third kappa shape index (κ3) is 1.01. The number of nitrogens with zero attached hydrogens (tertiary/aromatic N) is 2. The maximum absolute atomic E-state index is 8.15. The highest BCUT2D eigenvalue weighted by atomic mass is 15.1. The van der Waals surface area contributed by atoms with Crippen LogP contribution in [0.25, 0.3) is 5.69 Å². The summed E-state index contributed by atoms with van der Waals surface area (Å²) in [5, 5.41) is 8.15. The van der Waals surface area contributed by atoms with Crippen LogP contribution >= 0.6 is 0 Å². The van der Waals surface area contributed by atoms with Crippen LogP contribution in [0.5, 0.6) is 0 Å². The number of imidazole rings is 1. The van der Waals surface area contributed by atoms with E-state index in [0.717, 1.165) is 29.9 Å². The normalized spacial score (nSPS) is 15.9. The van der Waals surface area contributed by atoms with E-state index in [-0.39, 0.29) is 0 Å². The molecule has 0 atom stereocenters. The first-order valence-corrected chi connectivity index (χ1v) is 6.03. The molecule has 4 rings (SSSR count). The van der Waals surface area contributed by atoms with Crippen LogP contribution in [0, 0.1) is 12.3 Å². The Labute approximate surface area is 99.6 Å². The molecule has 2 aliphatic rings. The average Bonchev–Trinajstić information content (AvgIpc) is 2.65. The van der Waals surface area contributed by atoms with E-state index in [9.17, 15) is 0 Å². The van der Waals surface area contributed by atoms with Crippen molar-refractivity contribution in [1.29, 1.82) is 5.41 Å². The predicted molar refractivity (Wildman–Crippen MR) is 66.2 cm³/mol. The lowest BCUT2D eigenvalue weighted by Gasteiger charge is -2.27. The Balaban J connectivity index is 2.18. The van der Waals surface area contributed by atoms with Crippen molar-refractivity contribution < 1.29 is 0 Å². The molecular formula is C14H13N3. The summed E-state index contributed by atoms with van der Waals surface area (Å²) in [6, 6.07) is 6.32. The number of nitrogens with one attached hydrogen (secondary N) is 1. The fourth-order valence-electron chi connectivity index (χ4n) is 3.11. The average molecular weight is 223 g/mol. The Hall–Kier alpha value is -1.90. The first-order chi connectivity index (χ1) is 8.25. The molecule has 0 unspecified atom stereocenters. The van der Waals surface area contributed by atoms with Crippen LogP contribution in [0.1, 0.15) is 28.3 Å². The Kier molecular flexibility index (Phi) is 1.54. The molecule has 0 radical (unpaired) electrons. The maximum Gasteiger partial charge on any atom is 0.119 e. The van der Waals surface area contributed by atoms with E-state index in [2.05, 4.69) is 34.7 Å². The summed E-state index contributed by atoms with van der Waals surface area (Å²) >= 11 is 0. The van der Waals surface area contributed by atoms with Crippen LogP contribution in [0.3, 0.4) is 0 Å². The van der Waals surface area contributed by atoms with Crippen molar-refractivity contribution in [2.45, 2.75) is 26.2 Å². The van der Waals surface area contributed by atoms with Gasteiger partial charge in [-0.3, -0.25) is 4.57 Å². The topological polar surface area (TPSA) is 41.7 Å². The van der Waals surface area contributed by atoms with E-state index >= 15 is 0 Å². The quantitative estimate of drug-likeness (QED) is 0.731. The van der Waals surface area contributed by atoms with Gasteiger partial charge in [-0.1, -0.05) is 18.2 Å². The molecule has 2 aromatic rings. The molecule has 0 fully saturated rings. The van der Waals surface area contributed by atoms with Crippen LogP contribution < -0.4 is 0 Å². The van der Waals surface area contributed by atoms with Gasteiger partial charge in [-0.25, -0.2) is 4.98 Å². The first-order valence-electron chi connectivity index (χ1n) is 6.03. The molecule has 0 saturated carbocycles. The van der Waals surface area contributed by atoms with E-state index < -0.39 is 0 Å². The lowest BCUT2D eigenvalue weighted by Crippen LogP contribution is -2.24. The minimum Gasteiger partial charge on any atom is -0.304 e. The largest absolute Gasteiger partial charge is 0.304 e. The van der Waals surface area contributed by atoms with Crippen LogP contribution in [-0.4, -0.2) is 15.3 Å². The molecule has 0 spiro atoms. The molecule has 3 heteroatoms. The zero-order chi connectivity index (χ0) is 11.6. The van der Waals surface area contributed by atoms with Crippen LogP contribution in [0.4, 0.5) is 0 Å². The van der Waals surface area contributed by atoms with Gasteiger partial charge in [0.15, 0.2) is 0 Å². The molecule has 3 heterocycles. The summed E-state index contributed by atoms with van der Waals surface area (Å²) in [5.74, 6) is 1.04. The number of benzene rings is 1. The van der Waals surface area contributed by atoms with Gasteiger partial charge in [0.05, 0.1) is 11.4 Å². The van der Waals surface area contributed by atoms with Crippen molar-refractivity contribution in [2.24, 2.45) is 0 Å². The second-order valence-electron chi connectivity index (χ2n) is 4.86. The number of aryl methyl sites for hydroxylation is 2. The van der Waals surface area contributed by atoms with E-state index in [1.807, 2.05) is 0 Å². The zero-order valence-electron chi connectivity index (χ0n) is 9.75. The fourth-order valence-corrected chi connectivity index (χ4v) is 3.11. The molecule has 3 nitrogen and oxygen atoms in total. The Bertz CT molecular complexity index is 664. The molecule has 0 amide bonds. The van der Waals surface area contributed by atoms with Crippen LogP contribution in [0.15, 0.2) is 18.2 Å². The van der Waals surface area contributed by atoms with Gasteiger partial charge in [0.1, 0.15) is 5.82 Å². The number of para-hydroxylation sites is 1. The molecule has 0 bridgehead atoms. The Morgan fingerprint density at radius 3 is 3.06 bits per heavy atom. The van der Waals surface area contributed by atoms with Crippen molar-refractivity contribution in [3.8, 4) is 5.69 Å². The van der Waals surface area contributed by atoms with Gasteiger partial charge in [0.25, 0.3) is 0 Å². The minimum absolute atomic E-state index is 0.664. The summed E-state index contributed by atoms with van der Waals surface area (Å²) in [6.07, 6.45) is 2.81. The summed E-state index contributed by atoms with van der Waals surface area (Å²) in [6.45, 7) is 2.08. The summed E-state index contributed by atoms with van der Waals surface area (Å²) in [7, 11) is 0. The van der Waals surface area contributed by atoms with Crippen LogP contribution in [-0.2, 0) is 19.3 Å². The molecule has 1 aromatic carbocycles. The minimum atomic E-state index is 0.664. The van der Waals surface area contributed by atoms with Gasteiger partial charge in [-0.2, -0.15) is 0 Å². The predicted octanol–water partition coefficient (Wildman–Crippen LogP) is 2.20. The zero-order valence-corrected chi connectivity index (χ0v) is 9.75. The molecule has 84 valence electrons. The molecule has 1 aromatic heterocycles. The number of rotatable bonds is 0. The summed E-state index contributed by atoms with van der Waals surface area (Å²) in [5.41, 5.74) is 6.85. The maximum atomic E-state index is 8.15. The third-order valence-electron chi connectivity index (χ3n) is 3.88. The first kappa shape index (κ1) is 9.16. The van der Waals surface area contributed by atoms with Gasteiger partial charge >= 0.3 is 0 Å². The van der Waals surface area contributed by atoms with E-state index in [4.69, 9.17) is 5.41 Å². The monoisotopic (exact) mass is 223 g/mol. The molecule has 2 aliphatic heterocycles. The van der Waals surface area contributed by atoms with Crippen LogP contribution in [0.2, 0.25) is 0 Å². The SMILES string of the molecule is Cc1nc2n3c1CCc1cccc(c1-3)C(=N)C2. The van der Waals surface area contributed by atoms with Gasteiger partial charge in [-0.05, 0) is 25.3 Å². The molecule has 0 aliphatic carbocycles. The summed E-state index contributed by atoms with van der Waals surface area (Å²) in [4.78, 5) is 4.63. The van der Waals surface area contributed by atoms with Crippen molar-refractivity contribution in [3.63, 3.8) is 0 Å². The molecular weight excluding hydrogens is 210 g/mol. The standard InChI is InChI=1S/C14H13N3/c1-8-12-6-5-9-3-2-4-10-11(15)7-13(16-8)17(12)14(9)10/h2-4,15H,5-7H2,1H3. The highest BCUT2D eigenvalue weighted by Crippen LogP contribution is 2.34. The van der Waals surface area contributed by atoms with Crippen molar-refractivity contribution in [1.82, 2.24) is 9.55 Å². The number of aromatic nitrogens is 2. The highest BCUT2D eigenvalue weighted by molar-refractivity contribution is 6.04. The van der Waals surface area contributed by atoms with Crippen molar-refractivity contribution >= 4 is 5.71 Å². The molecule has 0 saturated heterocycles. The fraction of sp³-hybridized carbons (Fsp3) is 0.286. The van der Waals surface area contributed by atoms with E-state index in [0.29, 0.717) is 12.1 Å². The lowest BCUT2D eigenvalue weighted by molar-refractivity contribution is 0.769. The number of hydrogen-bond acceptors (Lipinski definition) is 2. The van der Waals surface area contributed by atoms with Gasteiger partial charge < -0.3 is 5.41 Å². The molecule has 17 heavy (non-hydrogen) atoms. The van der Waals surface area contributed by atoms with Crippen molar-refractivity contribution in [3.05, 3.63) is 46.5 Å². The number of hydrogen-bond donors (Lipinski definition) is 1. The second kappa shape index (κ2) is 2.86. The Morgan fingerprint density at radius 1 is 1.29 bits per heavy atom. The lowest BCUT2D eigenvalue weighted by atomic mass is 9.92. The van der Waals surface area contributed by atoms with Gasteiger partial charge in [0.2, 0.25) is 0 Å². The third-order valence-corrected chi connectivity index (χ3v) is 3.88. The smallest absolute Gasteiger partial charge is 0.119 e. The second-order valence-corrected chi connectivity index (χ2v) is 4.86. The Morgan fingerprint density at radius 2 is 2.18 bits per heavy atom. The highest BCUT2D eigenvalue weighted by Gasteiger charge is 2.29. The van der Waals surface area contributed by atoms with Gasteiger partial charge in [-0.15, -0.1) is 0 Å². The van der Waals surface area contributed by atoms with Gasteiger partial charge in [0, 0.05) is 23.4 Å². The summed E-state index contributed by atoms with van der Waals surface area (Å²) < 4.78 is 2.29. The van der Waals surface area contributed by atoms with E-state index in [1.54, 1.807) is 0 Å². The van der Waals surface area contributed by atoms with E-state index in [1.165, 1.54) is 16.9 Å².